The molecule has 1 amide bonds. The predicted molar refractivity (Wildman–Crippen MR) is 78.5 cm³/mol. The molecule has 0 aliphatic heterocycles. The predicted octanol–water partition coefficient (Wildman–Crippen LogP) is 1.93. The lowest BCUT2D eigenvalue weighted by molar-refractivity contribution is -0.385. The van der Waals surface area contributed by atoms with Crippen molar-refractivity contribution in [2.75, 3.05) is 19.5 Å². The zero-order valence-corrected chi connectivity index (χ0v) is 12.1. The second-order valence-corrected chi connectivity index (χ2v) is 5.08. The van der Waals surface area contributed by atoms with Gasteiger partial charge in [0.15, 0.2) is 0 Å². The Morgan fingerprint density at radius 3 is 2.76 bits per heavy atom. The molecule has 0 saturated heterocycles. The minimum Gasteiger partial charge on any atom is -0.388 e. The molecule has 2 unspecified atom stereocenters. The molecule has 1 saturated carbocycles. The average molecular weight is 293 g/mol. The number of rotatable bonds is 5. The molecule has 0 radical (unpaired) electrons. The molecule has 1 aromatic rings. The van der Waals surface area contributed by atoms with Gasteiger partial charge in [0, 0.05) is 32.0 Å². The highest BCUT2D eigenvalue weighted by molar-refractivity contribution is 5.99. The molecular formula is C14H19N3O4. The third-order valence-electron chi connectivity index (χ3n) is 3.78. The van der Waals surface area contributed by atoms with Gasteiger partial charge in [-0.2, -0.15) is 0 Å². The lowest BCUT2D eigenvalue weighted by atomic mass is 10.1. The van der Waals surface area contributed by atoms with E-state index in [1.807, 2.05) is 0 Å². The molecule has 21 heavy (non-hydrogen) atoms. The van der Waals surface area contributed by atoms with Crippen LogP contribution in [0.15, 0.2) is 18.2 Å². The highest BCUT2D eigenvalue weighted by Gasteiger charge is 2.28. The highest BCUT2D eigenvalue weighted by Crippen LogP contribution is 2.25. The van der Waals surface area contributed by atoms with E-state index in [9.17, 15) is 14.9 Å². The van der Waals surface area contributed by atoms with E-state index < -0.39 is 10.8 Å². The number of carbonyl (C=O) groups excluding carboxylic acids is 1. The molecule has 0 heterocycles. The number of hydrogen-bond donors (Lipinski definition) is 2. The smallest absolute Gasteiger partial charge is 0.282 e. The number of benzene rings is 1. The van der Waals surface area contributed by atoms with E-state index in [4.69, 9.17) is 4.74 Å². The first-order valence-electron chi connectivity index (χ1n) is 6.85. The minimum atomic E-state index is -0.541. The summed E-state index contributed by atoms with van der Waals surface area (Å²) in [4.78, 5) is 22.8. The van der Waals surface area contributed by atoms with Gasteiger partial charge in [0.25, 0.3) is 11.6 Å². The van der Waals surface area contributed by atoms with Crippen molar-refractivity contribution in [3.8, 4) is 0 Å². The molecule has 7 nitrogen and oxygen atoms in total. The Hall–Kier alpha value is -2.15. The molecule has 0 bridgehead atoms. The molecule has 2 atom stereocenters. The molecule has 0 aromatic heterocycles. The van der Waals surface area contributed by atoms with Crippen molar-refractivity contribution in [1.82, 2.24) is 5.32 Å². The monoisotopic (exact) mass is 293 g/mol. The lowest BCUT2D eigenvalue weighted by Crippen LogP contribution is -2.33. The molecule has 2 rings (SSSR count). The Morgan fingerprint density at radius 2 is 2.19 bits per heavy atom. The summed E-state index contributed by atoms with van der Waals surface area (Å²) in [5, 5.41) is 16.8. The molecule has 7 heteroatoms. The summed E-state index contributed by atoms with van der Waals surface area (Å²) in [6.07, 6.45) is 2.60. The van der Waals surface area contributed by atoms with Crippen LogP contribution in [0.1, 0.15) is 29.6 Å². The Labute approximate surface area is 122 Å². The van der Waals surface area contributed by atoms with Crippen LogP contribution in [0.25, 0.3) is 0 Å². The molecule has 1 fully saturated rings. The van der Waals surface area contributed by atoms with Gasteiger partial charge in [-0.1, -0.05) is 0 Å². The standard InChI is InChI=1S/C14H19N3O4/c1-15-9-4-6-13(17(19)20)12(8-9)14(18)16-10-3-5-11(7-10)21-2/h4,6,8,10-11,15H,3,5,7H2,1-2H3,(H,16,18). The molecule has 2 N–H and O–H groups in total. The average Bonchev–Trinajstić information content (AvgIpc) is 2.94. The van der Waals surface area contributed by atoms with Crippen molar-refractivity contribution >= 4 is 17.3 Å². The maximum atomic E-state index is 12.3. The Kier molecular flexibility index (Phi) is 4.74. The number of nitro groups is 1. The number of amides is 1. The maximum absolute atomic E-state index is 12.3. The van der Waals surface area contributed by atoms with E-state index in [1.54, 1.807) is 20.2 Å². The van der Waals surface area contributed by atoms with E-state index in [1.165, 1.54) is 12.1 Å². The van der Waals surface area contributed by atoms with Gasteiger partial charge in [-0.05, 0) is 31.4 Å². The quantitative estimate of drug-likeness (QED) is 0.639. The maximum Gasteiger partial charge on any atom is 0.282 e. The second kappa shape index (κ2) is 6.53. The van der Waals surface area contributed by atoms with Crippen molar-refractivity contribution in [2.24, 2.45) is 0 Å². The van der Waals surface area contributed by atoms with Crippen molar-refractivity contribution < 1.29 is 14.5 Å². The van der Waals surface area contributed by atoms with Crippen LogP contribution in [0.4, 0.5) is 11.4 Å². The fourth-order valence-electron chi connectivity index (χ4n) is 2.58. The molecule has 1 aliphatic rings. The number of nitrogens with one attached hydrogen (secondary N) is 2. The van der Waals surface area contributed by atoms with Gasteiger partial charge in [0.2, 0.25) is 0 Å². The van der Waals surface area contributed by atoms with Gasteiger partial charge in [-0.3, -0.25) is 14.9 Å². The van der Waals surface area contributed by atoms with Crippen molar-refractivity contribution in [2.45, 2.75) is 31.4 Å². The first-order valence-corrected chi connectivity index (χ1v) is 6.85. The van der Waals surface area contributed by atoms with Crippen LogP contribution in [0.5, 0.6) is 0 Å². The Bertz CT molecular complexity index is 547. The summed E-state index contributed by atoms with van der Waals surface area (Å²) >= 11 is 0. The summed E-state index contributed by atoms with van der Waals surface area (Å²) < 4.78 is 5.26. The van der Waals surface area contributed by atoms with Crippen LogP contribution in [-0.2, 0) is 4.74 Å². The SMILES string of the molecule is CNc1ccc([N+](=O)[O-])c(C(=O)NC2CCC(OC)C2)c1. The largest absolute Gasteiger partial charge is 0.388 e. The highest BCUT2D eigenvalue weighted by atomic mass is 16.6. The van der Waals surface area contributed by atoms with Crippen molar-refractivity contribution in [3.05, 3.63) is 33.9 Å². The summed E-state index contributed by atoms with van der Waals surface area (Å²) in [6.45, 7) is 0. The number of ether oxygens (including phenoxy) is 1. The first kappa shape index (κ1) is 15.2. The van der Waals surface area contributed by atoms with Crippen LogP contribution < -0.4 is 10.6 Å². The second-order valence-electron chi connectivity index (χ2n) is 5.08. The van der Waals surface area contributed by atoms with E-state index in [0.29, 0.717) is 5.69 Å². The van der Waals surface area contributed by atoms with E-state index >= 15 is 0 Å². The number of nitrogens with zero attached hydrogens (tertiary/aromatic N) is 1. The molecule has 0 spiro atoms. The van der Waals surface area contributed by atoms with Crippen LogP contribution in [0.2, 0.25) is 0 Å². The summed E-state index contributed by atoms with van der Waals surface area (Å²) in [5.41, 5.74) is 0.549. The number of anilines is 1. The van der Waals surface area contributed by atoms with E-state index in [-0.39, 0.29) is 23.4 Å². The van der Waals surface area contributed by atoms with Gasteiger partial charge in [-0.25, -0.2) is 0 Å². The number of carbonyl (C=O) groups is 1. The van der Waals surface area contributed by atoms with Gasteiger partial charge < -0.3 is 15.4 Å². The van der Waals surface area contributed by atoms with Crippen LogP contribution in [0, 0.1) is 10.1 Å². The normalized spacial score (nSPS) is 21.0. The minimum absolute atomic E-state index is 0.000274. The molecule has 114 valence electrons. The summed E-state index contributed by atoms with van der Waals surface area (Å²) in [6, 6.07) is 4.41. The van der Waals surface area contributed by atoms with Crippen molar-refractivity contribution in [1.29, 1.82) is 0 Å². The molecule has 1 aliphatic carbocycles. The van der Waals surface area contributed by atoms with E-state index in [2.05, 4.69) is 10.6 Å². The molecular weight excluding hydrogens is 274 g/mol. The van der Waals surface area contributed by atoms with Crippen LogP contribution in [0.3, 0.4) is 0 Å². The Morgan fingerprint density at radius 1 is 1.43 bits per heavy atom. The number of nitro benzene ring substituents is 1. The van der Waals surface area contributed by atoms with Crippen LogP contribution in [-0.4, -0.2) is 37.1 Å². The van der Waals surface area contributed by atoms with Gasteiger partial charge in [-0.15, -0.1) is 0 Å². The van der Waals surface area contributed by atoms with Gasteiger partial charge >= 0.3 is 0 Å². The summed E-state index contributed by atoms with van der Waals surface area (Å²) in [5.74, 6) is -0.416. The van der Waals surface area contributed by atoms with Gasteiger partial charge in [0.05, 0.1) is 11.0 Å². The Balaban J connectivity index is 2.16. The number of hydrogen-bond acceptors (Lipinski definition) is 5. The van der Waals surface area contributed by atoms with Crippen LogP contribution >= 0.6 is 0 Å². The fourth-order valence-corrected chi connectivity index (χ4v) is 2.58. The number of methoxy groups -OCH3 is 1. The topological polar surface area (TPSA) is 93.5 Å². The zero-order valence-electron chi connectivity index (χ0n) is 12.1. The molecule has 1 aromatic carbocycles. The van der Waals surface area contributed by atoms with Gasteiger partial charge in [0.1, 0.15) is 5.56 Å². The van der Waals surface area contributed by atoms with E-state index in [0.717, 1.165) is 19.3 Å². The third kappa shape index (κ3) is 3.49. The lowest BCUT2D eigenvalue weighted by Gasteiger charge is -2.13. The fraction of sp³-hybridized carbons (Fsp3) is 0.500. The third-order valence-corrected chi connectivity index (χ3v) is 3.78. The first-order chi connectivity index (χ1) is 10.0. The van der Waals surface area contributed by atoms with Crippen molar-refractivity contribution in [3.63, 3.8) is 0 Å². The summed E-state index contributed by atoms with van der Waals surface area (Å²) in [7, 11) is 3.35. The zero-order chi connectivity index (χ0) is 15.4.